The smallest absolute Gasteiger partial charge is 0.239 e. The van der Waals surface area contributed by atoms with E-state index < -0.39 is 0 Å². The number of amides is 1. The van der Waals surface area contributed by atoms with Crippen LogP contribution in [-0.2, 0) is 11.3 Å². The van der Waals surface area contributed by atoms with Crippen molar-refractivity contribution in [1.29, 1.82) is 0 Å². The van der Waals surface area contributed by atoms with Crippen LogP contribution < -0.4 is 19.9 Å². The van der Waals surface area contributed by atoms with Crippen LogP contribution in [0, 0.1) is 6.92 Å². The van der Waals surface area contributed by atoms with Gasteiger partial charge in [0.2, 0.25) is 5.91 Å². The van der Waals surface area contributed by atoms with E-state index >= 15 is 0 Å². The number of fused-ring (bicyclic) bond motifs is 1. The average Bonchev–Trinajstić information content (AvgIpc) is 3.39. The summed E-state index contributed by atoms with van der Waals surface area (Å²) >= 11 is 1.54. The molecule has 4 aromatic rings. The Balaban J connectivity index is 1.43. The molecule has 0 saturated heterocycles. The SMILES string of the molecule is COc1ccc(-n2nc(C)c3sc(N(C)CC(=O)NCc4ccc(N(C)C)cc4)nc32)cc1. The molecule has 0 unspecified atom stereocenters. The number of aryl methyl sites for hydroxylation is 1. The Morgan fingerprint density at radius 3 is 2.42 bits per heavy atom. The van der Waals surface area contributed by atoms with Gasteiger partial charge in [-0.25, -0.2) is 4.68 Å². The number of carbonyl (C=O) groups is 1. The van der Waals surface area contributed by atoms with Crippen LogP contribution in [0.1, 0.15) is 11.3 Å². The van der Waals surface area contributed by atoms with Crippen molar-refractivity contribution in [2.75, 3.05) is 44.6 Å². The third-order valence-electron chi connectivity index (χ3n) is 5.34. The third kappa shape index (κ3) is 4.93. The first kappa shape index (κ1) is 22.6. The summed E-state index contributed by atoms with van der Waals surface area (Å²) in [6.07, 6.45) is 0. The van der Waals surface area contributed by atoms with Crippen molar-refractivity contribution >= 4 is 38.4 Å². The Morgan fingerprint density at radius 2 is 1.79 bits per heavy atom. The van der Waals surface area contributed by atoms with Crippen molar-refractivity contribution in [2.24, 2.45) is 0 Å². The van der Waals surface area contributed by atoms with Crippen LogP contribution in [0.15, 0.2) is 48.5 Å². The quantitative estimate of drug-likeness (QED) is 0.429. The fraction of sp³-hybridized carbons (Fsp3) is 0.292. The molecular formula is C24H28N6O2S. The highest BCUT2D eigenvalue weighted by Crippen LogP contribution is 2.32. The number of thiazole rings is 1. The van der Waals surface area contributed by atoms with E-state index in [-0.39, 0.29) is 12.5 Å². The van der Waals surface area contributed by atoms with Crippen LogP contribution in [0.25, 0.3) is 16.0 Å². The highest BCUT2D eigenvalue weighted by Gasteiger charge is 2.18. The van der Waals surface area contributed by atoms with Gasteiger partial charge >= 0.3 is 0 Å². The highest BCUT2D eigenvalue weighted by molar-refractivity contribution is 7.22. The molecule has 0 bridgehead atoms. The van der Waals surface area contributed by atoms with Crippen molar-refractivity contribution in [3.63, 3.8) is 0 Å². The molecule has 0 aliphatic carbocycles. The zero-order valence-corrected chi connectivity index (χ0v) is 20.3. The Kier molecular flexibility index (Phi) is 6.50. The van der Waals surface area contributed by atoms with Gasteiger partial charge in [-0.15, -0.1) is 0 Å². The van der Waals surface area contributed by atoms with E-state index in [1.807, 2.05) is 91.1 Å². The summed E-state index contributed by atoms with van der Waals surface area (Å²) < 4.78 is 8.08. The molecule has 8 nitrogen and oxygen atoms in total. The van der Waals surface area contributed by atoms with Gasteiger partial charge in [0.15, 0.2) is 10.8 Å². The Hall–Kier alpha value is -3.59. The number of anilines is 2. The lowest BCUT2D eigenvalue weighted by Gasteiger charge is -2.16. The van der Waals surface area contributed by atoms with Gasteiger partial charge in [0.1, 0.15) is 5.75 Å². The van der Waals surface area contributed by atoms with Crippen LogP contribution in [0.5, 0.6) is 5.75 Å². The molecule has 2 aromatic heterocycles. The zero-order valence-electron chi connectivity index (χ0n) is 19.5. The predicted molar refractivity (Wildman–Crippen MR) is 134 cm³/mol. The second kappa shape index (κ2) is 9.50. The minimum Gasteiger partial charge on any atom is -0.497 e. The molecule has 2 heterocycles. The normalized spacial score (nSPS) is 10.9. The van der Waals surface area contributed by atoms with E-state index in [0.717, 1.165) is 43.9 Å². The van der Waals surface area contributed by atoms with Gasteiger partial charge in [0.25, 0.3) is 0 Å². The molecule has 0 aliphatic rings. The summed E-state index contributed by atoms with van der Waals surface area (Å²) in [6, 6.07) is 15.8. The van der Waals surface area contributed by atoms with E-state index in [2.05, 4.69) is 10.4 Å². The minimum absolute atomic E-state index is 0.0538. The van der Waals surface area contributed by atoms with Crippen LogP contribution >= 0.6 is 11.3 Å². The maximum absolute atomic E-state index is 12.5. The molecule has 1 amide bonds. The molecule has 2 aromatic carbocycles. The zero-order chi connectivity index (χ0) is 23.5. The van der Waals surface area contributed by atoms with E-state index in [4.69, 9.17) is 9.72 Å². The lowest BCUT2D eigenvalue weighted by Crippen LogP contribution is -2.34. The van der Waals surface area contributed by atoms with Crippen molar-refractivity contribution in [2.45, 2.75) is 13.5 Å². The van der Waals surface area contributed by atoms with E-state index in [1.54, 1.807) is 7.11 Å². The molecule has 0 spiro atoms. The molecule has 33 heavy (non-hydrogen) atoms. The third-order valence-corrected chi connectivity index (χ3v) is 6.61. The van der Waals surface area contributed by atoms with Crippen LogP contribution in [-0.4, -0.2) is 55.5 Å². The fourth-order valence-corrected chi connectivity index (χ4v) is 4.39. The fourth-order valence-electron chi connectivity index (χ4n) is 3.44. The van der Waals surface area contributed by atoms with Crippen LogP contribution in [0.3, 0.4) is 0 Å². The number of rotatable bonds is 8. The number of hydrogen-bond donors (Lipinski definition) is 1. The number of likely N-dealkylation sites (N-methyl/N-ethyl adjacent to an activating group) is 1. The van der Waals surface area contributed by atoms with Gasteiger partial charge in [-0.3, -0.25) is 4.79 Å². The number of carbonyl (C=O) groups excluding carboxylic acids is 1. The molecule has 0 atom stereocenters. The van der Waals surface area contributed by atoms with Gasteiger partial charge < -0.3 is 19.9 Å². The van der Waals surface area contributed by atoms with Gasteiger partial charge in [-0.05, 0) is 48.9 Å². The largest absolute Gasteiger partial charge is 0.497 e. The Morgan fingerprint density at radius 1 is 1.09 bits per heavy atom. The van der Waals surface area contributed by atoms with Crippen molar-refractivity contribution < 1.29 is 9.53 Å². The summed E-state index contributed by atoms with van der Waals surface area (Å²) in [5.74, 6) is 0.735. The van der Waals surface area contributed by atoms with Gasteiger partial charge in [-0.1, -0.05) is 23.5 Å². The van der Waals surface area contributed by atoms with E-state index in [9.17, 15) is 4.79 Å². The standard InChI is InChI=1S/C24H28N6O2S/c1-16-22-23(30(27-16)19-10-12-20(32-5)13-11-19)26-24(33-22)29(4)15-21(31)25-14-17-6-8-18(9-7-17)28(2)3/h6-13H,14-15H2,1-5H3,(H,25,31). The molecule has 0 aliphatic heterocycles. The van der Waals surface area contributed by atoms with Crippen LogP contribution in [0.4, 0.5) is 10.8 Å². The first-order valence-corrected chi connectivity index (χ1v) is 11.4. The second-order valence-electron chi connectivity index (χ2n) is 8.04. The number of nitrogens with zero attached hydrogens (tertiary/aromatic N) is 5. The maximum atomic E-state index is 12.5. The summed E-state index contributed by atoms with van der Waals surface area (Å²) in [5.41, 5.74) is 4.79. The van der Waals surface area contributed by atoms with Crippen LogP contribution in [0.2, 0.25) is 0 Å². The highest BCUT2D eigenvalue weighted by atomic mass is 32.1. The number of aromatic nitrogens is 3. The molecule has 9 heteroatoms. The predicted octanol–water partition coefficient (Wildman–Crippen LogP) is 3.62. The molecule has 172 valence electrons. The second-order valence-corrected chi connectivity index (χ2v) is 9.02. The molecule has 0 fully saturated rings. The summed E-state index contributed by atoms with van der Waals surface area (Å²) in [7, 11) is 7.53. The summed E-state index contributed by atoms with van der Waals surface area (Å²) in [5, 5.41) is 8.40. The van der Waals surface area contributed by atoms with Gasteiger partial charge in [0.05, 0.1) is 29.7 Å². The number of methoxy groups -OCH3 is 1. The lowest BCUT2D eigenvalue weighted by atomic mass is 10.2. The van der Waals surface area contributed by atoms with E-state index in [1.165, 1.54) is 11.3 Å². The molecule has 4 rings (SSSR count). The number of ether oxygens (including phenoxy) is 1. The first-order chi connectivity index (χ1) is 15.9. The summed E-state index contributed by atoms with van der Waals surface area (Å²) in [4.78, 5) is 21.2. The Labute approximate surface area is 197 Å². The van der Waals surface area contributed by atoms with Crippen molar-refractivity contribution in [3.8, 4) is 11.4 Å². The first-order valence-electron chi connectivity index (χ1n) is 10.6. The monoisotopic (exact) mass is 464 g/mol. The molecular weight excluding hydrogens is 436 g/mol. The maximum Gasteiger partial charge on any atom is 0.239 e. The van der Waals surface area contributed by atoms with Crippen molar-refractivity contribution in [3.05, 3.63) is 59.8 Å². The van der Waals surface area contributed by atoms with E-state index in [0.29, 0.717) is 6.54 Å². The van der Waals surface area contributed by atoms with Gasteiger partial charge in [-0.2, -0.15) is 10.1 Å². The lowest BCUT2D eigenvalue weighted by molar-refractivity contribution is -0.119. The number of hydrogen-bond acceptors (Lipinski definition) is 7. The van der Waals surface area contributed by atoms with Crippen molar-refractivity contribution in [1.82, 2.24) is 20.1 Å². The number of nitrogens with one attached hydrogen (secondary N) is 1. The molecule has 1 N–H and O–H groups in total. The minimum atomic E-state index is -0.0538. The molecule has 0 radical (unpaired) electrons. The Bertz CT molecular complexity index is 1240. The summed E-state index contributed by atoms with van der Waals surface area (Å²) in [6.45, 7) is 2.69. The topological polar surface area (TPSA) is 75.5 Å². The number of benzene rings is 2. The van der Waals surface area contributed by atoms with Gasteiger partial charge in [0, 0.05) is 33.4 Å². The average molecular weight is 465 g/mol. The molecule has 0 saturated carbocycles.